The molecule has 0 bridgehead atoms. The number of carbonyl (C=O) groups is 1. The van der Waals surface area contributed by atoms with Gasteiger partial charge in [-0.1, -0.05) is 25.0 Å². The summed E-state index contributed by atoms with van der Waals surface area (Å²) in [4.78, 5) is 16.9. The third-order valence-electron chi connectivity index (χ3n) is 4.72. The maximum absolute atomic E-state index is 12.3. The molecule has 1 aliphatic rings. The molecule has 1 aliphatic carbocycles. The van der Waals surface area contributed by atoms with Crippen molar-refractivity contribution < 1.29 is 4.79 Å². The Hall–Kier alpha value is -1.61. The minimum atomic E-state index is 0. The maximum atomic E-state index is 12.3. The molecule has 0 radical (unpaired) electrons. The molecule has 0 aliphatic heterocycles. The fraction of sp³-hybridized carbons (Fsp3) is 0.429. The van der Waals surface area contributed by atoms with Gasteiger partial charge in [0, 0.05) is 24.7 Å². The molecule has 1 amide bonds. The number of rotatable bonds is 7. The van der Waals surface area contributed by atoms with E-state index >= 15 is 0 Å². The van der Waals surface area contributed by atoms with E-state index in [0.29, 0.717) is 13.1 Å². The maximum Gasteiger partial charge on any atom is 0.227 e. The molecule has 1 aromatic heterocycles. The van der Waals surface area contributed by atoms with Crippen molar-refractivity contribution in [1.82, 2.24) is 10.6 Å². The molecule has 7 heteroatoms. The van der Waals surface area contributed by atoms with Gasteiger partial charge in [-0.25, -0.2) is 4.99 Å². The Balaban J connectivity index is 0.00000280. The van der Waals surface area contributed by atoms with Gasteiger partial charge in [0.1, 0.15) is 0 Å². The number of hydrogen-bond acceptors (Lipinski definition) is 3. The van der Waals surface area contributed by atoms with E-state index in [4.69, 9.17) is 0 Å². The van der Waals surface area contributed by atoms with Crippen molar-refractivity contribution in [2.24, 2.45) is 10.9 Å². The molecule has 0 spiro atoms. The lowest BCUT2D eigenvalue weighted by Crippen LogP contribution is -2.36. The first kappa shape index (κ1) is 22.7. The predicted octanol–water partition coefficient (Wildman–Crippen LogP) is 4.75. The van der Waals surface area contributed by atoms with E-state index in [1.807, 2.05) is 18.2 Å². The highest BCUT2D eigenvalue weighted by Crippen LogP contribution is 2.26. The van der Waals surface area contributed by atoms with Gasteiger partial charge in [-0.2, -0.15) is 11.3 Å². The zero-order valence-electron chi connectivity index (χ0n) is 16.2. The van der Waals surface area contributed by atoms with Crippen LogP contribution >= 0.6 is 35.3 Å². The Morgan fingerprint density at radius 3 is 2.71 bits per heavy atom. The quantitative estimate of drug-likeness (QED) is 0.285. The number of carbonyl (C=O) groups excluding carboxylic acids is 1. The lowest BCUT2D eigenvalue weighted by molar-refractivity contribution is -0.119. The van der Waals surface area contributed by atoms with E-state index in [1.54, 1.807) is 11.3 Å². The van der Waals surface area contributed by atoms with Crippen LogP contribution in [0.15, 0.2) is 46.1 Å². The van der Waals surface area contributed by atoms with Crippen LogP contribution in [-0.2, 0) is 17.9 Å². The highest BCUT2D eigenvalue weighted by molar-refractivity contribution is 14.0. The first-order valence-corrected chi connectivity index (χ1v) is 10.6. The molecule has 1 fully saturated rings. The number of nitrogens with one attached hydrogen (secondary N) is 3. The highest BCUT2D eigenvalue weighted by Gasteiger charge is 2.22. The Morgan fingerprint density at radius 2 is 2.00 bits per heavy atom. The number of aliphatic imine (C=N–C) groups is 1. The van der Waals surface area contributed by atoms with Crippen molar-refractivity contribution in [3.8, 4) is 0 Å². The van der Waals surface area contributed by atoms with Gasteiger partial charge in [0.2, 0.25) is 5.91 Å². The molecular weight excluding hydrogens is 483 g/mol. The topological polar surface area (TPSA) is 65.5 Å². The van der Waals surface area contributed by atoms with Gasteiger partial charge in [0.05, 0.1) is 6.54 Å². The van der Waals surface area contributed by atoms with E-state index in [-0.39, 0.29) is 35.8 Å². The van der Waals surface area contributed by atoms with Gasteiger partial charge in [-0.15, -0.1) is 24.0 Å². The van der Waals surface area contributed by atoms with Crippen LogP contribution in [0.1, 0.15) is 43.7 Å². The van der Waals surface area contributed by atoms with Crippen LogP contribution in [-0.4, -0.2) is 18.4 Å². The normalized spacial score (nSPS) is 14.4. The number of guanidine groups is 1. The van der Waals surface area contributed by atoms with E-state index in [9.17, 15) is 4.79 Å². The lowest BCUT2D eigenvalue weighted by atomic mass is 10.1. The summed E-state index contributed by atoms with van der Waals surface area (Å²) in [6.07, 6.45) is 4.36. The monoisotopic (exact) mass is 512 g/mol. The molecule has 5 nitrogen and oxygen atoms in total. The molecule has 3 N–H and O–H groups in total. The number of halogens is 1. The number of amides is 1. The largest absolute Gasteiger partial charge is 0.357 e. The Kier molecular flexibility index (Phi) is 9.77. The van der Waals surface area contributed by atoms with Gasteiger partial charge in [-0.05, 0) is 59.9 Å². The van der Waals surface area contributed by atoms with Gasteiger partial charge < -0.3 is 16.0 Å². The summed E-state index contributed by atoms with van der Waals surface area (Å²) in [5.74, 6) is 1.13. The summed E-state index contributed by atoms with van der Waals surface area (Å²) in [7, 11) is 0. The zero-order chi connectivity index (χ0) is 18.9. The first-order chi connectivity index (χ1) is 13.2. The van der Waals surface area contributed by atoms with Crippen molar-refractivity contribution in [2.45, 2.75) is 45.7 Å². The predicted molar refractivity (Wildman–Crippen MR) is 128 cm³/mol. The average Bonchev–Trinajstić information content (AvgIpc) is 3.38. The van der Waals surface area contributed by atoms with Crippen LogP contribution < -0.4 is 16.0 Å². The number of nitrogens with zero attached hydrogens (tertiary/aromatic N) is 1. The zero-order valence-corrected chi connectivity index (χ0v) is 19.4. The summed E-state index contributed by atoms with van der Waals surface area (Å²) in [6, 6.07) is 10.1. The fourth-order valence-electron chi connectivity index (χ4n) is 3.27. The van der Waals surface area contributed by atoms with Crippen LogP contribution in [0.5, 0.6) is 0 Å². The van der Waals surface area contributed by atoms with Gasteiger partial charge >= 0.3 is 0 Å². The summed E-state index contributed by atoms with van der Waals surface area (Å²) in [6.45, 7) is 4.19. The number of benzene rings is 1. The second-order valence-electron chi connectivity index (χ2n) is 6.85. The molecule has 0 atom stereocenters. The fourth-order valence-corrected chi connectivity index (χ4v) is 3.93. The second-order valence-corrected chi connectivity index (χ2v) is 7.63. The van der Waals surface area contributed by atoms with E-state index in [1.165, 1.54) is 18.4 Å². The van der Waals surface area contributed by atoms with Crippen LogP contribution in [0.25, 0.3) is 0 Å². The van der Waals surface area contributed by atoms with Crippen LogP contribution in [0.3, 0.4) is 0 Å². The van der Waals surface area contributed by atoms with Crippen LogP contribution in [0.2, 0.25) is 0 Å². The summed E-state index contributed by atoms with van der Waals surface area (Å²) in [5, 5.41) is 13.9. The smallest absolute Gasteiger partial charge is 0.227 e. The van der Waals surface area contributed by atoms with Gasteiger partial charge in [-0.3, -0.25) is 4.79 Å². The molecule has 0 unspecified atom stereocenters. The van der Waals surface area contributed by atoms with Gasteiger partial charge in [0.15, 0.2) is 5.96 Å². The van der Waals surface area contributed by atoms with Crippen molar-refractivity contribution >= 4 is 52.9 Å². The average molecular weight is 512 g/mol. The van der Waals surface area contributed by atoms with Crippen molar-refractivity contribution in [2.75, 3.05) is 11.9 Å². The van der Waals surface area contributed by atoms with Crippen molar-refractivity contribution in [3.63, 3.8) is 0 Å². The third kappa shape index (κ3) is 7.09. The molecule has 3 rings (SSSR count). The molecule has 1 heterocycles. The number of hydrogen-bond donors (Lipinski definition) is 3. The summed E-state index contributed by atoms with van der Waals surface area (Å²) in [5.41, 5.74) is 3.19. The molecule has 28 heavy (non-hydrogen) atoms. The van der Waals surface area contributed by atoms with E-state index < -0.39 is 0 Å². The number of anilines is 1. The summed E-state index contributed by atoms with van der Waals surface area (Å²) >= 11 is 1.69. The minimum Gasteiger partial charge on any atom is -0.357 e. The van der Waals surface area contributed by atoms with E-state index in [2.05, 4.69) is 50.8 Å². The summed E-state index contributed by atoms with van der Waals surface area (Å²) < 4.78 is 0. The van der Waals surface area contributed by atoms with Crippen molar-refractivity contribution in [1.29, 1.82) is 0 Å². The minimum absolute atomic E-state index is 0. The highest BCUT2D eigenvalue weighted by atomic mass is 127. The Bertz CT molecular complexity index is 758. The number of thiophene rings is 1. The molecule has 1 saturated carbocycles. The first-order valence-electron chi connectivity index (χ1n) is 9.67. The molecule has 152 valence electrons. The Labute approximate surface area is 188 Å². The van der Waals surface area contributed by atoms with E-state index in [0.717, 1.165) is 36.6 Å². The van der Waals surface area contributed by atoms with Crippen LogP contribution in [0.4, 0.5) is 5.69 Å². The van der Waals surface area contributed by atoms with Crippen LogP contribution in [0, 0.1) is 5.92 Å². The molecule has 1 aromatic carbocycles. The lowest BCUT2D eigenvalue weighted by Gasteiger charge is -2.13. The third-order valence-corrected chi connectivity index (χ3v) is 5.46. The molecule has 0 saturated heterocycles. The standard InChI is InChI=1S/C21H28N4OS.HI/c1-2-22-21(24-14-17-10-11-27-15-17)23-13-16-6-5-9-19(12-16)25-20(26)18-7-3-4-8-18;/h5-6,9-12,15,18H,2-4,7-8,13-14H2,1H3,(H,25,26)(H2,22,23,24);1H. The Morgan fingerprint density at radius 1 is 1.18 bits per heavy atom. The molecular formula is C21H29IN4OS. The second kappa shape index (κ2) is 12.1. The molecule has 2 aromatic rings. The van der Waals surface area contributed by atoms with Gasteiger partial charge in [0.25, 0.3) is 0 Å². The van der Waals surface area contributed by atoms with Crippen molar-refractivity contribution in [3.05, 3.63) is 52.2 Å². The SMILES string of the molecule is CCNC(=NCc1ccsc1)NCc1cccc(NC(=O)C2CCCC2)c1.I.